The lowest BCUT2D eigenvalue weighted by molar-refractivity contribution is 0.795. The molecular formula is C16H21N3. The third-order valence-corrected chi connectivity index (χ3v) is 3.46. The van der Waals surface area contributed by atoms with Crippen molar-refractivity contribution in [2.24, 2.45) is 0 Å². The lowest BCUT2D eigenvalue weighted by atomic mass is 10.1. The predicted octanol–water partition coefficient (Wildman–Crippen LogP) is 3.69. The number of nitrogen functional groups attached to an aromatic ring is 1. The number of hydrogen-bond acceptors (Lipinski definition) is 3. The molecule has 0 saturated heterocycles. The molecule has 3 nitrogen and oxygen atoms in total. The Bertz CT molecular complexity index is 536. The predicted molar refractivity (Wildman–Crippen MR) is 80.0 cm³/mol. The molecule has 0 bridgehead atoms. The van der Waals surface area contributed by atoms with Crippen LogP contribution in [0.4, 0.5) is 5.82 Å². The van der Waals surface area contributed by atoms with E-state index in [1.54, 1.807) is 0 Å². The Kier molecular flexibility index (Phi) is 4.15. The molecule has 100 valence electrons. The molecular weight excluding hydrogens is 234 g/mol. The SMILES string of the molecule is CCCCc1ccc(-c2nc(C)c(C)c(N)n2)cc1. The molecule has 2 N–H and O–H groups in total. The largest absolute Gasteiger partial charge is 0.383 e. The topological polar surface area (TPSA) is 51.8 Å². The summed E-state index contributed by atoms with van der Waals surface area (Å²) in [5.41, 5.74) is 10.2. The van der Waals surface area contributed by atoms with Gasteiger partial charge in [0.25, 0.3) is 0 Å². The van der Waals surface area contributed by atoms with Crippen LogP contribution in [0.15, 0.2) is 24.3 Å². The van der Waals surface area contributed by atoms with E-state index in [0.717, 1.165) is 23.2 Å². The van der Waals surface area contributed by atoms with E-state index in [1.807, 2.05) is 13.8 Å². The Morgan fingerprint density at radius 1 is 1.05 bits per heavy atom. The van der Waals surface area contributed by atoms with Gasteiger partial charge in [-0.2, -0.15) is 0 Å². The van der Waals surface area contributed by atoms with Crippen molar-refractivity contribution in [1.29, 1.82) is 0 Å². The van der Waals surface area contributed by atoms with Gasteiger partial charge in [0.15, 0.2) is 5.82 Å². The maximum Gasteiger partial charge on any atom is 0.161 e. The Hall–Kier alpha value is -1.90. The zero-order valence-electron chi connectivity index (χ0n) is 11.9. The van der Waals surface area contributed by atoms with Crippen molar-refractivity contribution in [2.75, 3.05) is 5.73 Å². The van der Waals surface area contributed by atoms with Gasteiger partial charge in [-0.15, -0.1) is 0 Å². The van der Waals surface area contributed by atoms with E-state index in [-0.39, 0.29) is 0 Å². The second-order valence-corrected chi connectivity index (χ2v) is 4.94. The van der Waals surface area contributed by atoms with Crippen molar-refractivity contribution in [2.45, 2.75) is 40.0 Å². The molecule has 0 amide bonds. The van der Waals surface area contributed by atoms with Crippen molar-refractivity contribution in [3.05, 3.63) is 41.1 Å². The number of aromatic nitrogens is 2. The molecule has 1 heterocycles. The molecule has 2 rings (SSSR count). The first kappa shape index (κ1) is 13.5. The molecule has 0 aliphatic heterocycles. The van der Waals surface area contributed by atoms with Gasteiger partial charge in [-0.05, 0) is 32.3 Å². The van der Waals surface area contributed by atoms with Gasteiger partial charge in [0.05, 0.1) is 0 Å². The molecule has 0 aliphatic carbocycles. The summed E-state index contributed by atoms with van der Waals surface area (Å²) in [4.78, 5) is 8.87. The summed E-state index contributed by atoms with van der Waals surface area (Å²) in [6.07, 6.45) is 3.58. The molecule has 0 unspecified atom stereocenters. The molecule has 0 atom stereocenters. The highest BCUT2D eigenvalue weighted by Gasteiger charge is 2.07. The quantitative estimate of drug-likeness (QED) is 0.906. The van der Waals surface area contributed by atoms with Crippen molar-refractivity contribution in [3.63, 3.8) is 0 Å². The highest BCUT2D eigenvalue weighted by molar-refractivity contribution is 5.59. The summed E-state index contributed by atoms with van der Waals surface area (Å²) in [5.74, 6) is 1.28. The van der Waals surface area contributed by atoms with Crippen molar-refractivity contribution >= 4 is 5.82 Å². The minimum absolute atomic E-state index is 0.567. The van der Waals surface area contributed by atoms with Crippen LogP contribution in [0.1, 0.15) is 36.6 Å². The van der Waals surface area contributed by atoms with Crippen LogP contribution >= 0.6 is 0 Å². The third-order valence-electron chi connectivity index (χ3n) is 3.46. The number of hydrogen-bond donors (Lipinski definition) is 1. The Labute approximate surface area is 114 Å². The first-order valence-electron chi connectivity index (χ1n) is 6.82. The second kappa shape index (κ2) is 5.83. The van der Waals surface area contributed by atoms with Crippen LogP contribution in [-0.4, -0.2) is 9.97 Å². The molecule has 0 spiro atoms. The first-order chi connectivity index (χ1) is 9.11. The zero-order valence-corrected chi connectivity index (χ0v) is 11.9. The van der Waals surface area contributed by atoms with Crippen LogP contribution < -0.4 is 5.73 Å². The van der Waals surface area contributed by atoms with E-state index in [9.17, 15) is 0 Å². The Balaban J connectivity index is 2.27. The monoisotopic (exact) mass is 255 g/mol. The summed E-state index contributed by atoms with van der Waals surface area (Å²) in [5, 5.41) is 0. The van der Waals surface area contributed by atoms with Crippen LogP contribution in [0.25, 0.3) is 11.4 Å². The molecule has 0 radical (unpaired) electrons. The van der Waals surface area contributed by atoms with Crippen LogP contribution in [0.5, 0.6) is 0 Å². The zero-order chi connectivity index (χ0) is 13.8. The molecule has 0 aliphatic rings. The number of anilines is 1. The third kappa shape index (κ3) is 3.11. The van der Waals surface area contributed by atoms with Crippen LogP contribution in [-0.2, 0) is 6.42 Å². The minimum atomic E-state index is 0.567. The molecule has 2 aromatic rings. The molecule has 3 heteroatoms. The maximum atomic E-state index is 5.90. The van der Waals surface area contributed by atoms with Crippen LogP contribution in [0.3, 0.4) is 0 Å². The van der Waals surface area contributed by atoms with Gasteiger partial charge in [0.1, 0.15) is 5.82 Å². The average Bonchev–Trinajstić information content (AvgIpc) is 2.42. The van der Waals surface area contributed by atoms with Gasteiger partial charge in [-0.1, -0.05) is 37.6 Å². The summed E-state index contributed by atoms with van der Waals surface area (Å²) < 4.78 is 0. The fourth-order valence-corrected chi connectivity index (χ4v) is 1.98. The minimum Gasteiger partial charge on any atom is -0.383 e. The van der Waals surface area contributed by atoms with E-state index < -0.39 is 0 Å². The fourth-order valence-electron chi connectivity index (χ4n) is 1.98. The lowest BCUT2D eigenvalue weighted by Crippen LogP contribution is -2.02. The number of nitrogens with two attached hydrogens (primary N) is 1. The maximum absolute atomic E-state index is 5.90. The summed E-state index contributed by atoms with van der Waals surface area (Å²) in [7, 11) is 0. The Morgan fingerprint density at radius 3 is 2.32 bits per heavy atom. The first-order valence-corrected chi connectivity index (χ1v) is 6.82. The number of aryl methyl sites for hydroxylation is 2. The highest BCUT2D eigenvalue weighted by atomic mass is 14.9. The number of nitrogens with zero attached hydrogens (tertiary/aromatic N) is 2. The van der Waals surface area contributed by atoms with E-state index >= 15 is 0 Å². The van der Waals surface area contributed by atoms with E-state index in [4.69, 9.17) is 5.73 Å². The second-order valence-electron chi connectivity index (χ2n) is 4.94. The molecule has 0 saturated carbocycles. The summed E-state index contributed by atoms with van der Waals surface area (Å²) in [6, 6.07) is 8.46. The normalized spacial score (nSPS) is 10.7. The summed E-state index contributed by atoms with van der Waals surface area (Å²) in [6.45, 7) is 6.12. The van der Waals surface area contributed by atoms with Crippen molar-refractivity contribution in [3.8, 4) is 11.4 Å². The molecule has 1 aromatic heterocycles. The summed E-state index contributed by atoms with van der Waals surface area (Å²) >= 11 is 0. The van der Waals surface area contributed by atoms with E-state index in [2.05, 4.69) is 41.2 Å². The van der Waals surface area contributed by atoms with Crippen LogP contribution in [0, 0.1) is 13.8 Å². The number of benzene rings is 1. The van der Waals surface area contributed by atoms with E-state index in [1.165, 1.54) is 18.4 Å². The molecule has 19 heavy (non-hydrogen) atoms. The standard InChI is InChI=1S/C16H21N3/c1-4-5-6-13-7-9-14(10-8-13)16-18-12(3)11(2)15(17)19-16/h7-10H,4-6H2,1-3H3,(H2,17,18,19). The average molecular weight is 255 g/mol. The van der Waals surface area contributed by atoms with E-state index in [0.29, 0.717) is 11.6 Å². The molecule has 1 aromatic carbocycles. The van der Waals surface area contributed by atoms with Gasteiger partial charge in [0, 0.05) is 16.8 Å². The molecule has 0 fully saturated rings. The van der Waals surface area contributed by atoms with Crippen molar-refractivity contribution in [1.82, 2.24) is 9.97 Å². The van der Waals surface area contributed by atoms with Gasteiger partial charge in [-0.25, -0.2) is 9.97 Å². The van der Waals surface area contributed by atoms with Crippen molar-refractivity contribution < 1.29 is 0 Å². The highest BCUT2D eigenvalue weighted by Crippen LogP contribution is 2.20. The van der Waals surface area contributed by atoms with Crippen LogP contribution in [0.2, 0.25) is 0 Å². The number of unbranched alkanes of at least 4 members (excludes halogenated alkanes) is 1. The fraction of sp³-hybridized carbons (Fsp3) is 0.375. The number of rotatable bonds is 4. The van der Waals surface area contributed by atoms with Gasteiger partial charge in [0.2, 0.25) is 0 Å². The van der Waals surface area contributed by atoms with Gasteiger partial charge >= 0.3 is 0 Å². The smallest absolute Gasteiger partial charge is 0.161 e. The van der Waals surface area contributed by atoms with Gasteiger partial charge < -0.3 is 5.73 Å². The Morgan fingerprint density at radius 2 is 1.74 bits per heavy atom. The van der Waals surface area contributed by atoms with Gasteiger partial charge in [-0.3, -0.25) is 0 Å². The lowest BCUT2D eigenvalue weighted by Gasteiger charge is -2.07.